The number of carbonyl (C=O) groups excluding carboxylic acids is 4. The second-order valence-corrected chi connectivity index (χ2v) is 24.2. The molecule has 0 N–H and O–H groups in total. The third-order valence-corrected chi connectivity index (χ3v) is 22.2. The number of carbonyl (C=O) groups is 4. The summed E-state index contributed by atoms with van der Waals surface area (Å²) in [5.74, 6) is 0.471. The van der Waals surface area contributed by atoms with Gasteiger partial charge in [-0.05, 0) is 58.7 Å². The van der Waals surface area contributed by atoms with Crippen LogP contribution in [-0.2, 0) is 20.3 Å². The van der Waals surface area contributed by atoms with Crippen LogP contribution in [0.1, 0.15) is 91.1 Å². The van der Waals surface area contributed by atoms with Crippen molar-refractivity contribution in [2.24, 2.45) is 23.7 Å². The van der Waals surface area contributed by atoms with Crippen LogP contribution in [0, 0.1) is 23.7 Å². The molecular formula is C60H60N6O6+2. The maximum atomic E-state index is 13.6. The molecule has 7 fully saturated rings. The Labute approximate surface area is 419 Å². The van der Waals surface area contributed by atoms with Gasteiger partial charge in [-0.2, -0.15) is 0 Å². The number of piperidine rings is 2. The van der Waals surface area contributed by atoms with Crippen molar-refractivity contribution < 1.29 is 37.6 Å². The molecular weight excluding hydrogens is 901 g/mol. The zero-order chi connectivity index (χ0) is 47.6. The minimum Gasteiger partial charge on any atom is -0.354 e. The van der Waals surface area contributed by atoms with Crippen LogP contribution in [0.25, 0.3) is 0 Å². The SMILES string of the molecule is O=C1c2ccccc2C(=O)N1CCC[N+]12CC[C@@]34c5ccccc5N5[C@@H]6OCC=C7C[N+]8(CCCN9C(=O)c%10ccccc%10C9=O)CC[C@]9%10c%11ccccc%11N([C@@H]%11OCC=C(C1)[C@H](C[C@@H]32)[C@@H]%11[C@H]54)[C@H]9[C@H]6[C@H]7C[C@@H]%108. The molecule has 12 nitrogen and oxygen atoms in total. The molecule has 2 unspecified atom stereocenters. The van der Waals surface area contributed by atoms with Crippen LogP contribution in [0.15, 0.2) is 120 Å². The number of para-hydroxylation sites is 2. The van der Waals surface area contributed by atoms with Crippen molar-refractivity contribution in [3.05, 3.63) is 154 Å². The quantitative estimate of drug-likeness (QED) is 0.110. The predicted molar refractivity (Wildman–Crippen MR) is 267 cm³/mol. The van der Waals surface area contributed by atoms with Gasteiger partial charge in [0, 0.05) is 86.7 Å². The summed E-state index contributed by atoms with van der Waals surface area (Å²) in [6.07, 6.45) is 10.6. The highest BCUT2D eigenvalue weighted by Crippen LogP contribution is 2.72. The highest BCUT2D eigenvalue weighted by Gasteiger charge is 2.81. The fraction of sp³-hybridized carbons (Fsp3) is 0.467. The first-order valence-corrected chi connectivity index (χ1v) is 27.3. The number of benzene rings is 4. The maximum absolute atomic E-state index is 13.6. The van der Waals surface area contributed by atoms with Crippen LogP contribution < -0.4 is 9.80 Å². The monoisotopic (exact) mass is 960 g/mol. The lowest BCUT2D eigenvalue weighted by molar-refractivity contribution is -0.943. The molecule has 4 aromatic rings. The van der Waals surface area contributed by atoms with Gasteiger partial charge in [-0.25, -0.2) is 0 Å². The first-order valence-electron chi connectivity index (χ1n) is 27.3. The lowest BCUT2D eigenvalue weighted by Crippen LogP contribution is -2.78. The number of quaternary nitrogens is 2. The summed E-state index contributed by atoms with van der Waals surface area (Å²) in [5, 5.41) is 0. The molecule has 12 heteroatoms. The molecule has 17 rings (SSSR count). The molecule has 13 aliphatic rings. The van der Waals surface area contributed by atoms with E-state index in [1.807, 2.05) is 24.3 Å². The number of hydrogen-bond donors (Lipinski definition) is 0. The van der Waals surface area contributed by atoms with E-state index in [2.05, 4.69) is 70.5 Å². The number of anilines is 2. The van der Waals surface area contributed by atoms with E-state index in [1.165, 1.54) is 32.3 Å². The smallest absolute Gasteiger partial charge is 0.261 e. The van der Waals surface area contributed by atoms with Crippen molar-refractivity contribution in [2.45, 2.75) is 86.0 Å². The first-order chi connectivity index (χ1) is 35.3. The Morgan fingerprint density at radius 2 is 0.903 bits per heavy atom. The Morgan fingerprint density at radius 1 is 0.514 bits per heavy atom. The van der Waals surface area contributed by atoms with E-state index >= 15 is 0 Å². The van der Waals surface area contributed by atoms with Gasteiger partial charge in [0.15, 0.2) is 0 Å². The third kappa shape index (κ3) is 4.73. The minimum absolute atomic E-state index is 0.122. The van der Waals surface area contributed by atoms with Crippen molar-refractivity contribution in [3.8, 4) is 0 Å². The molecule has 11 heterocycles. The van der Waals surface area contributed by atoms with Crippen LogP contribution in [0.3, 0.4) is 0 Å². The van der Waals surface area contributed by atoms with Gasteiger partial charge >= 0.3 is 0 Å². The van der Waals surface area contributed by atoms with E-state index in [-0.39, 0.29) is 70.8 Å². The number of hydrogen-bond acceptors (Lipinski definition) is 8. The Morgan fingerprint density at radius 3 is 1.32 bits per heavy atom. The molecule has 2 saturated carbocycles. The van der Waals surface area contributed by atoms with Crippen molar-refractivity contribution >= 4 is 35.0 Å². The van der Waals surface area contributed by atoms with Crippen molar-refractivity contribution in [1.29, 1.82) is 0 Å². The van der Waals surface area contributed by atoms with Crippen molar-refractivity contribution in [2.75, 3.05) is 75.4 Å². The third-order valence-electron chi connectivity index (χ3n) is 22.2. The summed E-state index contributed by atoms with van der Waals surface area (Å²) in [6, 6.07) is 34.6. The second kappa shape index (κ2) is 14.0. The molecule has 14 atom stereocenters. The van der Waals surface area contributed by atoms with Gasteiger partial charge in [-0.1, -0.05) is 72.8 Å². The van der Waals surface area contributed by atoms with Crippen LogP contribution in [0.4, 0.5) is 11.4 Å². The standard InChI is InChI=1S/C60H60N6O6/c67-53-37-11-1-2-12-38(37)54(68)61(53)23-9-25-65-27-21-59-43-15-5-7-17-45(43)63-51(59)49-41(31-47(59)65)35(33-65)19-29-71-57(49)64-46-18-8-6-16-44(46)60-22-28-66(26-10-24-62-55(69)39-13-3-4-14-40(39)56(62)70)34-36-20-30-72-58(63)50(52(60)64)42(36)32-48(60)66/h1-8,11-20,41-42,47-52,57-58H,9-10,21-34H2/q+2/t41-,42-,47-,48-,49+,50+,51-,52-,57+,58+,59+,60+,65?,66?/m0/s1. The van der Waals surface area contributed by atoms with Gasteiger partial charge in [0.05, 0.1) is 84.6 Å². The Kier molecular flexibility index (Phi) is 8.09. The van der Waals surface area contributed by atoms with Gasteiger partial charge in [-0.15, -0.1) is 0 Å². The molecule has 2 aliphatic carbocycles. The highest BCUT2D eigenvalue weighted by molar-refractivity contribution is 6.22. The fourth-order valence-electron chi connectivity index (χ4n) is 20.0. The zero-order valence-corrected chi connectivity index (χ0v) is 40.6. The average molecular weight is 961 g/mol. The lowest BCUT2D eigenvalue weighted by atomic mass is 9.52. The first kappa shape index (κ1) is 41.5. The lowest BCUT2D eigenvalue weighted by Gasteiger charge is -2.65. The van der Waals surface area contributed by atoms with Gasteiger partial charge in [0.1, 0.15) is 37.6 Å². The van der Waals surface area contributed by atoms with E-state index < -0.39 is 0 Å². The molecule has 0 radical (unpaired) electrons. The largest absolute Gasteiger partial charge is 0.354 e. The Bertz CT molecular complexity index is 2940. The predicted octanol–water partition coefficient (Wildman–Crippen LogP) is 6.67. The summed E-state index contributed by atoms with van der Waals surface area (Å²) in [4.78, 5) is 63.4. The molecule has 0 aromatic heterocycles. The number of amides is 4. The summed E-state index contributed by atoms with van der Waals surface area (Å²) in [6.45, 7) is 8.02. The van der Waals surface area contributed by atoms with Crippen LogP contribution in [0.2, 0.25) is 0 Å². The second-order valence-electron chi connectivity index (χ2n) is 24.2. The Balaban J connectivity index is 0.772. The van der Waals surface area contributed by atoms with E-state index in [9.17, 15) is 19.2 Å². The fourth-order valence-corrected chi connectivity index (χ4v) is 20.0. The molecule has 2 spiro atoms. The summed E-state index contributed by atoms with van der Waals surface area (Å²) >= 11 is 0. The van der Waals surface area contributed by atoms with Crippen molar-refractivity contribution in [1.82, 2.24) is 9.80 Å². The van der Waals surface area contributed by atoms with Crippen molar-refractivity contribution in [3.63, 3.8) is 0 Å². The molecule has 4 bridgehead atoms. The molecule has 364 valence electrons. The topological polar surface area (TPSA) is 99.7 Å². The van der Waals surface area contributed by atoms with Gasteiger partial charge in [0.2, 0.25) is 0 Å². The van der Waals surface area contributed by atoms with E-state index in [0.717, 1.165) is 86.8 Å². The molecule has 11 aliphatic heterocycles. The highest BCUT2D eigenvalue weighted by atomic mass is 16.5. The van der Waals surface area contributed by atoms with Crippen LogP contribution in [0.5, 0.6) is 0 Å². The number of rotatable bonds is 8. The summed E-state index contributed by atoms with van der Waals surface area (Å²) in [5.41, 5.74) is 10.7. The maximum Gasteiger partial charge on any atom is 0.261 e. The molecule has 72 heavy (non-hydrogen) atoms. The van der Waals surface area contributed by atoms with Crippen LogP contribution in [-0.4, -0.2) is 145 Å². The Hall–Kier alpha value is -5.92. The normalized spacial score (nSPS) is 40.0. The number of ether oxygens (including phenoxy) is 2. The minimum atomic E-state index is -0.157. The summed E-state index contributed by atoms with van der Waals surface area (Å²) in [7, 11) is 0. The average Bonchev–Trinajstić information content (AvgIpc) is 4.17. The number of imide groups is 2. The zero-order valence-electron chi connectivity index (χ0n) is 40.6. The molecule has 4 amide bonds. The van der Waals surface area contributed by atoms with E-state index in [0.29, 0.717) is 72.5 Å². The number of fused-ring (bicyclic) bond motifs is 8. The van der Waals surface area contributed by atoms with E-state index in [1.54, 1.807) is 35.4 Å². The molecule has 5 saturated heterocycles. The van der Waals surface area contributed by atoms with E-state index in [4.69, 9.17) is 9.47 Å². The van der Waals surface area contributed by atoms with Crippen LogP contribution >= 0.6 is 0 Å². The number of nitrogens with zero attached hydrogens (tertiary/aromatic N) is 6. The van der Waals surface area contributed by atoms with Gasteiger partial charge in [0.25, 0.3) is 23.6 Å². The summed E-state index contributed by atoms with van der Waals surface area (Å²) < 4.78 is 17.3. The van der Waals surface area contributed by atoms with Gasteiger partial charge < -0.3 is 28.2 Å². The molecule has 4 aromatic carbocycles. The van der Waals surface area contributed by atoms with Gasteiger partial charge in [-0.3, -0.25) is 29.0 Å².